The van der Waals surface area contributed by atoms with Gasteiger partial charge in [-0.2, -0.15) is 11.8 Å². The molecule has 0 radical (unpaired) electrons. The van der Waals surface area contributed by atoms with Crippen LogP contribution in [0.3, 0.4) is 0 Å². The number of benzene rings is 2. The standard InChI is InChI=1S/C54H83N19O15S/c1-89-24-21-37(50(85)70-34(15-18-40(56)75)47(82)68-33(9-5-22-63-53(59)60)46(81)73-38(52(87)88)10-6-23-64-54(61)62)72-49(84)35(16-19-41(57)76)69-48(83)36(17-20-42(58)77)71-51(86)39(26-29-7-3-2-4-8-29)67-44(79)28-65-43(78)27-66-45(80)32(55)25-30-11-13-31(74)14-12-30/h2-4,7-8,11-14,32-39,74H,5-6,9-10,15-28,55H2,1H3,(H2,56,75)(H2,57,76)(H2,58,77)(H,65,78)(H,66,80)(H,67,79)(H,68,82)(H,69,83)(H,70,85)(H,71,86)(H,72,84)(H,73,81)(H,87,88)(H4,59,60,63)(H4,61,62,64)/t32-,33-,34-,35-,36-,37-,38-,39-/m0/s1. The lowest BCUT2D eigenvalue weighted by molar-refractivity contribution is -0.142. The molecule has 34 nitrogen and oxygen atoms in total. The molecule has 0 aromatic heterocycles. The molecule has 8 atom stereocenters. The number of carbonyl (C=O) groups excluding carboxylic acids is 12. The number of rotatable bonds is 43. The van der Waals surface area contributed by atoms with Crippen LogP contribution in [-0.2, 0) is 75.2 Å². The molecule has 0 saturated carbocycles. The summed E-state index contributed by atoms with van der Waals surface area (Å²) in [6.45, 7) is -1.28. The SMILES string of the molecule is CSCC[C@H](NC(=O)[C@H](CCC(N)=O)NC(=O)[C@H](CCC(N)=O)NC(=O)[C@H](Cc1ccccc1)NC(=O)CNC(=O)CNC(=O)[C@@H](N)Cc1ccc(O)cc1)C(=O)N[C@@H](CCC(N)=O)C(=O)N[C@@H](CCCN=C(N)N)C(=O)N[C@@H](CCCN=C(N)N)C(=O)O. The number of nitrogens with two attached hydrogens (primary N) is 8. The molecule has 0 heterocycles. The van der Waals surface area contributed by atoms with Gasteiger partial charge >= 0.3 is 5.97 Å². The first-order chi connectivity index (χ1) is 42.1. The van der Waals surface area contributed by atoms with Crippen molar-refractivity contribution in [2.75, 3.05) is 38.2 Å². The second-order valence-electron chi connectivity index (χ2n) is 20.2. The van der Waals surface area contributed by atoms with E-state index in [0.717, 1.165) is 0 Å². The predicted octanol–water partition coefficient (Wildman–Crippen LogP) is -7.13. The molecule has 89 heavy (non-hydrogen) atoms. The van der Waals surface area contributed by atoms with Gasteiger partial charge in [0, 0.05) is 38.8 Å². The molecule has 12 amide bonds. The van der Waals surface area contributed by atoms with Gasteiger partial charge in [-0.05, 0) is 93.1 Å². The zero-order valence-electron chi connectivity index (χ0n) is 49.2. The fourth-order valence-electron chi connectivity index (χ4n) is 8.16. The molecule has 0 saturated heterocycles. The fraction of sp³-hybridized carbons (Fsp3) is 0.500. The van der Waals surface area contributed by atoms with Crippen LogP contribution in [0.4, 0.5) is 0 Å². The normalized spacial score (nSPS) is 13.4. The summed E-state index contributed by atoms with van der Waals surface area (Å²) >= 11 is 1.24. The number of aliphatic carboxylic acids is 1. The van der Waals surface area contributed by atoms with Crippen LogP contribution in [0, 0.1) is 0 Å². The molecule has 27 N–H and O–H groups in total. The molecule has 0 aliphatic heterocycles. The van der Waals surface area contributed by atoms with E-state index in [9.17, 15) is 72.5 Å². The summed E-state index contributed by atoms with van der Waals surface area (Å²) in [5, 5.41) is 41.3. The van der Waals surface area contributed by atoms with Crippen molar-refractivity contribution < 1.29 is 72.5 Å². The number of amides is 12. The number of nitrogens with one attached hydrogen (secondary N) is 9. The number of carbonyl (C=O) groups is 13. The van der Waals surface area contributed by atoms with Crippen molar-refractivity contribution >= 4 is 101 Å². The summed E-state index contributed by atoms with van der Waals surface area (Å²) in [7, 11) is 0. The Morgan fingerprint density at radius 1 is 0.449 bits per heavy atom. The number of aliphatic imine (C=N–C) groups is 2. The Hall–Kier alpha value is -9.80. The lowest BCUT2D eigenvalue weighted by atomic mass is 10.0. The Morgan fingerprint density at radius 2 is 0.831 bits per heavy atom. The van der Waals surface area contributed by atoms with Crippen molar-refractivity contribution in [2.24, 2.45) is 55.9 Å². The quantitative estimate of drug-likeness (QED) is 0.0167. The largest absolute Gasteiger partial charge is 0.508 e. The smallest absolute Gasteiger partial charge is 0.326 e. The molecule has 0 unspecified atom stereocenters. The Morgan fingerprint density at radius 3 is 1.25 bits per heavy atom. The molecule has 35 heteroatoms. The maximum atomic E-state index is 14.3. The van der Waals surface area contributed by atoms with Crippen molar-refractivity contribution in [1.29, 1.82) is 0 Å². The summed E-state index contributed by atoms with van der Waals surface area (Å²) in [4.78, 5) is 179. The number of nitrogens with zero attached hydrogens (tertiary/aromatic N) is 2. The van der Waals surface area contributed by atoms with Gasteiger partial charge < -0.3 is 104 Å². The third-order valence-corrected chi connectivity index (χ3v) is 13.5. The highest BCUT2D eigenvalue weighted by Crippen LogP contribution is 2.13. The van der Waals surface area contributed by atoms with Crippen LogP contribution in [0.15, 0.2) is 64.6 Å². The predicted molar refractivity (Wildman–Crippen MR) is 325 cm³/mol. The molecule has 0 aliphatic rings. The Kier molecular flexibility index (Phi) is 34.3. The van der Waals surface area contributed by atoms with Gasteiger partial charge in [-0.25, -0.2) is 4.79 Å². The average molecular weight is 1270 g/mol. The van der Waals surface area contributed by atoms with E-state index < -0.39 is 177 Å². The van der Waals surface area contributed by atoms with Crippen LogP contribution in [0.1, 0.15) is 81.8 Å². The van der Waals surface area contributed by atoms with Crippen molar-refractivity contribution in [2.45, 2.75) is 132 Å². The number of aromatic hydroxyl groups is 1. The van der Waals surface area contributed by atoms with Crippen LogP contribution < -0.4 is 93.7 Å². The van der Waals surface area contributed by atoms with E-state index in [4.69, 9.17) is 45.9 Å². The van der Waals surface area contributed by atoms with Gasteiger partial charge in [0.25, 0.3) is 0 Å². The molecule has 0 fully saturated rings. The molecule has 2 aromatic rings. The number of thioether (sulfide) groups is 1. The van der Waals surface area contributed by atoms with Gasteiger partial charge in [0.2, 0.25) is 70.9 Å². The van der Waals surface area contributed by atoms with Crippen LogP contribution >= 0.6 is 11.8 Å². The van der Waals surface area contributed by atoms with Crippen LogP contribution in [-0.4, -0.2) is 186 Å². The zero-order chi connectivity index (χ0) is 66.6. The minimum absolute atomic E-state index is 0.0153. The monoisotopic (exact) mass is 1270 g/mol. The summed E-state index contributed by atoms with van der Waals surface area (Å²) < 4.78 is 0. The van der Waals surface area contributed by atoms with Crippen molar-refractivity contribution in [3.8, 4) is 5.75 Å². The maximum Gasteiger partial charge on any atom is 0.326 e. The first-order valence-corrected chi connectivity index (χ1v) is 29.4. The molecule has 2 aromatic carbocycles. The summed E-state index contributed by atoms with van der Waals surface area (Å²) in [5.41, 5.74) is 45.0. The molecule has 0 spiro atoms. The summed E-state index contributed by atoms with van der Waals surface area (Å²) in [5.74, 6) is -13.1. The van der Waals surface area contributed by atoms with E-state index in [-0.39, 0.29) is 81.5 Å². The highest BCUT2D eigenvalue weighted by molar-refractivity contribution is 7.98. The molecule has 2 rings (SSSR count). The van der Waals surface area contributed by atoms with E-state index in [1.807, 2.05) is 0 Å². The minimum atomic E-state index is -1.70. The molecule has 0 aliphatic carbocycles. The number of phenols is 1. The topological polar surface area (TPSA) is 604 Å². The summed E-state index contributed by atoms with van der Waals surface area (Å²) in [6.07, 6.45) is -1.64. The Labute approximate surface area is 516 Å². The first-order valence-electron chi connectivity index (χ1n) is 28.0. The third kappa shape index (κ3) is 32.0. The van der Waals surface area contributed by atoms with Gasteiger partial charge in [-0.3, -0.25) is 67.5 Å². The Balaban J connectivity index is 2.40. The van der Waals surface area contributed by atoms with E-state index in [1.165, 1.54) is 23.9 Å². The number of hydrogen-bond acceptors (Lipinski definition) is 18. The number of guanidine groups is 2. The number of phenolic OH excluding ortho intramolecular Hbond substituents is 1. The second kappa shape index (κ2) is 40.6. The first kappa shape index (κ1) is 75.3. The fourth-order valence-corrected chi connectivity index (χ4v) is 8.63. The maximum absolute atomic E-state index is 14.3. The average Bonchev–Trinajstić information content (AvgIpc) is 3.69. The molecule has 0 bridgehead atoms. The van der Waals surface area contributed by atoms with Gasteiger partial charge in [-0.15, -0.1) is 0 Å². The van der Waals surface area contributed by atoms with Crippen molar-refractivity contribution in [1.82, 2.24) is 47.9 Å². The Bertz CT molecular complexity index is 2810. The van der Waals surface area contributed by atoms with E-state index in [0.29, 0.717) is 11.1 Å². The van der Waals surface area contributed by atoms with E-state index >= 15 is 0 Å². The lowest BCUT2D eigenvalue weighted by Gasteiger charge is -2.28. The number of carboxylic acids is 1. The molecule has 490 valence electrons. The highest BCUT2D eigenvalue weighted by atomic mass is 32.2. The van der Waals surface area contributed by atoms with Gasteiger partial charge in [0.05, 0.1) is 19.1 Å². The van der Waals surface area contributed by atoms with Crippen molar-refractivity contribution in [3.63, 3.8) is 0 Å². The number of hydrogen-bond donors (Lipinski definition) is 19. The van der Waals surface area contributed by atoms with E-state index in [1.54, 1.807) is 48.7 Å². The third-order valence-electron chi connectivity index (χ3n) is 12.9. The zero-order valence-corrected chi connectivity index (χ0v) is 50.0. The van der Waals surface area contributed by atoms with Gasteiger partial charge in [0.1, 0.15) is 48.0 Å². The van der Waals surface area contributed by atoms with Crippen LogP contribution in [0.5, 0.6) is 5.75 Å². The van der Waals surface area contributed by atoms with E-state index in [2.05, 4.69) is 57.8 Å². The minimum Gasteiger partial charge on any atom is -0.508 e. The highest BCUT2D eigenvalue weighted by Gasteiger charge is 2.35. The number of primary amides is 3. The lowest BCUT2D eigenvalue weighted by Crippen LogP contribution is -2.60. The summed E-state index contributed by atoms with van der Waals surface area (Å²) in [6, 6.07) is 2.17. The molecular formula is C54H83N19O15S. The molecular weight excluding hydrogens is 1190 g/mol. The van der Waals surface area contributed by atoms with Crippen LogP contribution in [0.2, 0.25) is 0 Å². The second-order valence-corrected chi connectivity index (χ2v) is 21.2. The number of carboxylic acid groups (broad SMARTS) is 1. The van der Waals surface area contributed by atoms with Crippen molar-refractivity contribution in [3.05, 3.63) is 65.7 Å². The van der Waals surface area contributed by atoms with Gasteiger partial charge in [0.15, 0.2) is 11.9 Å². The van der Waals surface area contributed by atoms with Gasteiger partial charge in [-0.1, -0.05) is 42.5 Å². The van der Waals surface area contributed by atoms with Crippen LogP contribution in [0.25, 0.3) is 0 Å².